The lowest BCUT2D eigenvalue weighted by Crippen LogP contribution is -2.73. The molecule has 0 unspecified atom stereocenters. The van der Waals surface area contributed by atoms with Crippen molar-refractivity contribution in [2.75, 3.05) is 68.8 Å². The van der Waals surface area contributed by atoms with Crippen LogP contribution in [0.25, 0.3) is 16.6 Å². The summed E-state index contributed by atoms with van der Waals surface area (Å²) in [6, 6.07) is 13.9. The van der Waals surface area contributed by atoms with Crippen molar-refractivity contribution >= 4 is 23.0 Å². The van der Waals surface area contributed by atoms with Crippen molar-refractivity contribution in [2.24, 2.45) is 5.41 Å². The minimum Gasteiger partial charge on any atom is -0.450 e. The molecule has 6 rings (SSSR count). The maximum absolute atomic E-state index is 12.1. The summed E-state index contributed by atoms with van der Waals surface area (Å²) in [5, 5.41) is 4.56. The van der Waals surface area contributed by atoms with Gasteiger partial charge in [-0.2, -0.15) is 5.10 Å². The smallest absolute Gasteiger partial charge is 0.409 e. The molecule has 2 aromatic heterocycles. The summed E-state index contributed by atoms with van der Waals surface area (Å²) in [7, 11) is 0. The highest BCUT2D eigenvalue weighted by atomic mass is 16.6. The predicted molar refractivity (Wildman–Crippen MR) is 143 cm³/mol. The van der Waals surface area contributed by atoms with Gasteiger partial charge in [-0.1, -0.05) is 12.1 Å². The first-order chi connectivity index (χ1) is 17.4. The number of hydrogen-bond donors (Lipinski definition) is 0. The maximum Gasteiger partial charge on any atom is 0.409 e. The van der Waals surface area contributed by atoms with Gasteiger partial charge in [0.1, 0.15) is 0 Å². The molecule has 3 aromatic rings. The number of amides is 1. The van der Waals surface area contributed by atoms with Gasteiger partial charge in [0.25, 0.3) is 0 Å². The molecule has 3 fully saturated rings. The number of benzene rings is 1. The maximum atomic E-state index is 12.1. The third-order valence-electron chi connectivity index (χ3n) is 8.06. The summed E-state index contributed by atoms with van der Waals surface area (Å²) >= 11 is 0. The molecule has 36 heavy (non-hydrogen) atoms. The fourth-order valence-corrected chi connectivity index (χ4v) is 5.96. The Morgan fingerprint density at radius 2 is 1.69 bits per heavy atom. The second-order valence-electron chi connectivity index (χ2n) is 10.8. The van der Waals surface area contributed by atoms with Gasteiger partial charge in [-0.05, 0) is 50.6 Å². The van der Waals surface area contributed by atoms with Crippen LogP contribution in [0.1, 0.15) is 20.8 Å². The molecule has 0 aliphatic carbocycles. The summed E-state index contributed by atoms with van der Waals surface area (Å²) < 4.78 is 7.12. The molecule has 3 saturated heterocycles. The Balaban J connectivity index is 1.13. The van der Waals surface area contributed by atoms with Crippen molar-refractivity contribution in [2.45, 2.75) is 26.8 Å². The summed E-state index contributed by atoms with van der Waals surface area (Å²) in [4.78, 5) is 21.3. The third kappa shape index (κ3) is 4.07. The van der Waals surface area contributed by atoms with E-state index in [2.05, 4.69) is 76.2 Å². The van der Waals surface area contributed by atoms with Crippen molar-refractivity contribution in [1.29, 1.82) is 0 Å². The van der Waals surface area contributed by atoms with Crippen LogP contribution >= 0.6 is 0 Å². The summed E-state index contributed by atoms with van der Waals surface area (Å²) in [6.45, 7) is 14.5. The van der Waals surface area contributed by atoms with E-state index in [1.807, 2.05) is 17.6 Å². The first-order valence-electron chi connectivity index (χ1n) is 13.2. The molecule has 0 bridgehead atoms. The number of carbonyl (C=O) groups is 1. The molecule has 3 aliphatic rings. The van der Waals surface area contributed by atoms with Gasteiger partial charge in [0.2, 0.25) is 0 Å². The van der Waals surface area contributed by atoms with Gasteiger partial charge >= 0.3 is 6.09 Å². The standard InChI is InChI=1S/C28H36N6O2/c1-4-36-27(35)31-13-11-30(12-14-31)25-9-10-29-34-16-23(15-26(25)34)22-5-7-24(8-6-22)33-19-28(20-33)17-32(18-28)21(2)3/h5-10,15-16,21H,4,11-14,17-20H2,1-3H3. The Morgan fingerprint density at radius 1 is 0.972 bits per heavy atom. The minimum absolute atomic E-state index is 0.218. The number of hydrogen-bond acceptors (Lipinski definition) is 6. The van der Waals surface area contributed by atoms with E-state index < -0.39 is 0 Å². The number of aromatic nitrogens is 2. The van der Waals surface area contributed by atoms with Crippen molar-refractivity contribution in [3.63, 3.8) is 0 Å². The van der Waals surface area contributed by atoms with Crippen LogP contribution in [0.15, 0.2) is 48.8 Å². The molecule has 0 saturated carbocycles. The highest BCUT2D eigenvalue weighted by molar-refractivity contribution is 5.80. The molecule has 0 N–H and O–H groups in total. The van der Waals surface area contributed by atoms with Crippen LogP contribution in [0, 0.1) is 5.41 Å². The number of nitrogens with zero attached hydrogens (tertiary/aromatic N) is 6. The van der Waals surface area contributed by atoms with Crippen LogP contribution in [0.5, 0.6) is 0 Å². The Hall–Kier alpha value is -3.26. The molecule has 8 heteroatoms. The molecule has 3 aliphatic heterocycles. The lowest BCUT2D eigenvalue weighted by molar-refractivity contribution is -0.0411. The van der Waals surface area contributed by atoms with E-state index in [1.54, 1.807) is 4.90 Å². The normalized spacial score (nSPS) is 19.6. The number of likely N-dealkylation sites (tertiary alicyclic amines) is 1. The van der Waals surface area contributed by atoms with E-state index in [9.17, 15) is 4.79 Å². The lowest BCUT2D eigenvalue weighted by Gasteiger charge is -2.62. The topological polar surface area (TPSA) is 56.6 Å². The van der Waals surface area contributed by atoms with Crippen LogP contribution in [0.3, 0.4) is 0 Å². The number of anilines is 2. The first-order valence-corrected chi connectivity index (χ1v) is 13.2. The summed E-state index contributed by atoms with van der Waals surface area (Å²) in [6.07, 6.45) is 3.74. The van der Waals surface area contributed by atoms with Gasteiger partial charge in [-0.25, -0.2) is 9.31 Å². The fourth-order valence-electron chi connectivity index (χ4n) is 5.96. The highest BCUT2D eigenvalue weighted by Gasteiger charge is 2.52. The number of carbonyl (C=O) groups excluding carboxylic acids is 1. The summed E-state index contributed by atoms with van der Waals surface area (Å²) in [5.74, 6) is 0. The predicted octanol–water partition coefficient (Wildman–Crippen LogP) is 3.81. The van der Waals surface area contributed by atoms with Crippen molar-refractivity contribution < 1.29 is 9.53 Å². The number of rotatable bonds is 5. The highest BCUT2D eigenvalue weighted by Crippen LogP contribution is 2.43. The minimum atomic E-state index is -0.218. The Labute approximate surface area is 213 Å². The number of fused-ring (bicyclic) bond motifs is 1. The second kappa shape index (κ2) is 9.00. The molecular formula is C28H36N6O2. The largest absolute Gasteiger partial charge is 0.450 e. The SMILES string of the molecule is CCOC(=O)N1CCN(c2ccnn3cc(-c4ccc(N5CC6(C5)CN(C(C)C)C6)cc4)cc23)CC1. The van der Waals surface area contributed by atoms with Crippen LogP contribution in [0.4, 0.5) is 16.2 Å². The van der Waals surface area contributed by atoms with Crippen molar-refractivity contribution in [1.82, 2.24) is 19.4 Å². The van der Waals surface area contributed by atoms with Gasteiger partial charge in [-0.3, -0.25) is 4.90 Å². The van der Waals surface area contributed by atoms with Gasteiger partial charge in [0.05, 0.1) is 17.8 Å². The Bertz CT molecular complexity index is 1230. The van der Waals surface area contributed by atoms with Crippen LogP contribution < -0.4 is 9.80 Å². The van der Waals surface area contributed by atoms with Gasteiger partial charge in [0.15, 0.2) is 0 Å². The quantitative estimate of drug-likeness (QED) is 0.545. The first kappa shape index (κ1) is 23.2. The average Bonchev–Trinajstić information content (AvgIpc) is 3.27. The van der Waals surface area contributed by atoms with Crippen LogP contribution in [-0.2, 0) is 4.74 Å². The molecule has 1 spiro atoms. The van der Waals surface area contributed by atoms with E-state index in [0.29, 0.717) is 31.2 Å². The molecule has 1 aromatic carbocycles. The zero-order valence-corrected chi connectivity index (χ0v) is 21.6. The van der Waals surface area contributed by atoms with E-state index in [0.717, 1.165) is 24.3 Å². The Morgan fingerprint density at radius 3 is 2.36 bits per heavy atom. The fraction of sp³-hybridized carbons (Fsp3) is 0.500. The van der Waals surface area contributed by atoms with Crippen LogP contribution in [-0.4, -0.2) is 90.5 Å². The molecule has 1 amide bonds. The van der Waals surface area contributed by atoms with E-state index >= 15 is 0 Å². The average molecular weight is 489 g/mol. The zero-order chi connectivity index (χ0) is 24.9. The van der Waals surface area contributed by atoms with E-state index in [-0.39, 0.29) is 6.09 Å². The van der Waals surface area contributed by atoms with Crippen LogP contribution in [0.2, 0.25) is 0 Å². The number of piperazine rings is 1. The molecule has 190 valence electrons. The molecule has 8 nitrogen and oxygen atoms in total. The van der Waals surface area contributed by atoms with Gasteiger partial charge < -0.3 is 19.4 Å². The lowest BCUT2D eigenvalue weighted by atomic mass is 9.72. The van der Waals surface area contributed by atoms with Crippen molar-refractivity contribution in [3.05, 3.63) is 48.8 Å². The van der Waals surface area contributed by atoms with Gasteiger partial charge in [-0.15, -0.1) is 0 Å². The summed E-state index contributed by atoms with van der Waals surface area (Å²) in [5.41, 5.74) is 6.44. The van der Waals surface area contributed by atoms with Crippen molar-refractivity contribution in [3.8, 4) is 11.1 Å². The monoisotopic (exact) mass is 488 g/mol. The molecule has 0 radical (unpaired) electrons. The molecule has 5 heterocycles. The van der Waals surface area contributed by atoms with Gasteiger partial charge in [0, 0.05) is 87.5 Å². The second-order valence-corrected chi connectivity index (χ2v) is 10.8. The van der Waals surface area contributed by atoms with E-state index in [4.69, 9.17) is 4.74 Å². The molecular weight excluding hydrogens is 452 g/mol. The zero-order valence-electron chi connectivity index (χ0n) is 21.6. The molecule has 0 atom stereocenters. The van der Waals surface area contributed by atoms with E-state index in [1.165, 1.54) is 43.0 Å². The Kier molecular flexibility index (Phi) is 5.79. The third-order valence-corrected chi connectivity index (χ3v) is 8.06. The number of ether oxygens (including phenoxy) is 1.